The lowest BCUT2D eigenvalue weighted by molar-refractivity contribution is 0.193. The molecule has 3 aromatic carbocycles. The van der Waals surface area contributed by atoms with Crippen molar-refractivity contribution in [3.8, 4) is 5.75 Å². The van der Waals surface area contributed by atoms with Crippen LogP contribution in [0.1, 0.15) is 36.5 Å². The number of anilines is 1. The average molecular weight is 458 g/mol. The zero-order valence-corrected chi connectivity index (χ0v) is 20.7. The first-order valence-electron chi connectivity index (χ1n) is 12.7. The molecule has 1 aliphatic heterocycles. The van der Waals surface area contributed by atoms with Crippen molar-refractivity contribution in [1.29, 1.82) is 0 Å². The fraction of sp³-hybridized carbons (Fsp3) is 0.400. The minimum atomic E-state index is 0.0306. The van der Waals surface area contributed by atoms with E-state index >= 15 is 0 Å². The molecule has 4 nitrogen and oxygen atoms in total. The number of piperidine rings is 1. The number of ether oxygens (including phenoxy) is 1. The van der Waals surface area contributed by atoms with Crippen LogP contribution in [0.5, 0.6) is 5.75 Å². The van der Waals surface area contributed by atoms with Crippen molar-refractivity contribution in [2.45, 2.75) is 37.8 Å². The van der Waals surface area contributed by atoms with Gasteiger partial charge in [0.1, 0.15) is 11.9 Å². The van der Waals surface area contributed by atoms with E-state index in [9.17, 15) is 0 Å². The van der Waals surface area contributed by atoms with E-state index in [0.717, 1.165) is 44.8 Å². The highest BCUT2D eigenvalue weighted by Gasteiger charge is 2.25. The van der Waals surface area contributed by atoms with Crippen LogP contribution in [-0.4, -0.2) is 51.2 Å². The Morgan fingerprint density at radius 3 is 2.26 bits per heavy atom. The molecule has 1 unspecified atom stereocenters. The van der Waals surface area contributed by atoms with E-state index in [4.69, 9.17) is 4.74 Å². The van der Waals surface area contributed by atoms with Crippen LogP contribution in [-0.2, 0) is 6.42 Å². The normalized spacial score (nSPS) is 15.7. The molecule has 0 radical (unpaired) electrons. The van der Waals surface area contributed by atoms with Crippen LogP contribution >= 0.6 is 0 Å². The summed E-state index contributed by atoms with van der Waals surface area (Å²) < 4.78 is 6.66. The number of nitrogens with one attached hydrogen (secondary N) is 1. The Morgan fingerprint density at radius 1 is 0.912 bits per heavy atom. The molecule has 0 bridgehead atoms. The van der Waals surface area contributed by atoms with E-state index in [2.05, 4.69) is 107 Å². The molecule has 0 amide bonds. The van der Waals surface area contributed by atoms with Crippen LogP contribution in [0.15, 0.2) is 84.9 Å². The van der Waals surface area contributed by atoms with Crippen molar-refractivity contribution in [3.63, 3.8) is 0 Å². The van der Waals surface area contributed by atoms with Gasteiger partial charge in [0, 0.05) is 39.1 Å². The third kappa shape index (κ3) is 6.62. The van der Waals surface area contributed by atoms with Gasteiger partial charge in [0.05, 0.1) is 5.69 Å². The maximum Gasteiger partial charge on any atom is 0.143 e. The van der Waals surface area contributed by atoms with Gasteiger partial charge in [-0.05, 0) is 56.1 Å². The summed E-state index contributed by atoms with van der Waals surface area (Å²) in [6, 6.07) is 30.5. The van der Waals surface area contributed by atoms with Crippen molar-refractivity contribution < 1.29 is 4.74 Å². The second-order valence-corrected chi connectivity index (χ2v) is 9.30. The molecule has 1 heterocycles. The number of hydrogen-bond donors (Lipinski definition) is 1. The van der Waals surface area contributed by atoms with Gasteiger partial charge in [0.15, 0.2) is 0 Å². The number of hydrogen-bond acceptors (Lipinski definition) is 4. The van der Waals surface area contributed by atoms with Gasteiger partial charge in [-0.1, -0.05) is 72.8 Å². The van der Waals surface area contributed by atoms with Crippen molar-refractivity contribution >= 4 is 5.69 Å². The number of nitrogens with zero attached hydrogens (tertiary/aromatic N) is 2. The Labute approximate surface area is 205 Å². The van der Waals surface area contributed by atoms with Crippen LogP contribution < -0.4 is 15.0 Å². The minimum absolute atomic E-state index is 0.0306. The largest absolute Gasteiger partial charge is 0.484 e. The van der Waals surface area contributed by atoms with Gasteiger partial charge in [-0.15, -0.1) is 0 Å². The Kier molecular flexibility index (Phi) is 9.00. The first-order valence-corrected chi connectivity index (χ1v) is 12.7. The van der Waals surface area contributed by atoms with Gasteiger partial charge < -0.3 is 19.9 Å². The molecular weight excluding hydrogens is 418 g/mol. The van der Waals surface area contributed by atoms with E-state index in [-0.39, 0.29) is 6.10 Å². The smallest absolute Gasteiger partial charge is 0.143 e. The summed E-state index contributed by atoms with van der Waals surface area (Å²) in [6.45, 7) is 4.36. The van der Waals surface area contributed by atoms with Crippen molar-refractivity contribution in [2.24, 2.45) is 0 Å². The zero-order valence-electron chi connectivity index (χ0n) is 20.7. The van der Waals surface area contributed by atoms with E-state index in [1.165, 1.54) is 29.7 Å². The molecule has 0 aromatic heterocycles. The van der Waals surface area contributed by atoms with Gasteiger partial charge in [-0.25, -0.2) is 0 Å². The second-order valence-electron chi connectivity index (χ2n) is 9.30. The molecule has 3 aromatic rings. The Balaban J connectivity index is 1.38. The highest BCUT2D eigenvalue weighted by molar-refractivity contribution is 5.58. The quantitative estimate of drug-likeness (QED) is 0.408. The molecule has 4 rings (SSSR count). The van der Waals surface area contributed by atoms with Crippen molar-refractivity contribution in [3.05, 3.63) is 96.1 Å². The first-order chi connectivity index (χ1) is 16.7. The molecule has 1 saturated heterocycles. The molecule has 180 valence electrons. The maximum absolute atomic E-state index is 6.66. The molecule has 1 N–H and O–H groups in total. The predicted molar refractivity (Wildman–Crippen MR) is 143 cm³/mol. The molecule has 1 fully saturated rings. The second kappa shape index (κ2) is 12.6. The van der Waals surface area contributed by atoms with Gasteiger partial charge in [0.25, 0.3) is 0 Å². The molecule has 0 saturated carbocycles. The lowest BCUT2D eigenvalue weighted by Gasteiger charge is -2.38. The summed E-state index contributed by atoms with van der Waals surface area (Å²) in [7, 11) is 4.23. The molecule has 0 aliphatic carbocycles. The third-order valence-corrected chi connectivity index (χ3v) is 7.01. The monoisotopic (exact) mass is 457 g/mol. The van der Waals surface area contributed by atoms with Gasteiger partial charge in [0.2, 0.25) is 0 Å². The van der Waals surface area contributed by atoms with E-state index < -0.39 is 0 Å². The summed E-state index contributed by atoms with van der Waals surface area (Å²) in [5.41, 5.74) is 3.84. The molecule has 1 aliphatic rings. The van der Waals surface area contributed by atoms with E-state index in [1.54, 1.807) is 0 Å². The van der Waals surface area contributed by atoms with E-state index in [0.29, 0.717) is 6.04 Å². The van der Waals surface area contributed by atoms with Crippen LogP contribution in [0.25, 0.3) is 0 Å². The lowest BCUT2D eigenvalue weighted by Crippen LogP contribution is -2.44. The zero-order chi connectivity index (χ0) is 23.6. The Morgan fingerprint density at radius 2 is 1.56 bits per heavy atom. The van der Waals surface area contributed by atoms with E-state index in [1.807, 2.05) is 7.05 Å². The fourth-order valence-electron chi connectivity index (χ4n) is 4.90. The Bertz CT molecular complexity index is 971. The molecule has 0 spiro atoms. The van der Waals surface area contributed by atoms with Crippen molar-refractivity contribution in [2.75, 3.05) is 45.2 Å². The molecule has 1 atom stereocenters. The average Bonchev–Trinajstić information content (AvgIpc) is 2.91. The maximum atomic E-state index is 6.66. The summed E-state index contributed by atoms with van der Waals surface area (Å²) in [5.74, 6) is 0.974. The summed E-state index contributed by atoms with van der Waals surface area (Å²) in [4.78, 5) is 5.06. The number of likely N-dealkylation sites (tertiary alicyclic amines) is 1. The SMILES string of the molecule is CNCCC(Oc1ccccc1N(C)C1CCN(CCc2ccccc2)CC1)c1ccccc1. The first kappa shape index (κ1) is 24.3. The summed E-state index contributed by atoms with van der Waals surface area (Å²) in [6.07, 6.45) is 4.45. The predicted octanol–water partition coefficient (Wildman–Crippen LogP) is 5.56. The fourth-order valence-corrected chi connectivity index (χ4v) is 4.90. The third-order valence-electron chi connectivity index (χ3n) is 7.01. The topological polar surface area (TPSA) is 27.7 Å². The van der Waals surface area contributed by atoms with Crippen LogP contribution in [0.4, 0.5) is 5.69 Å². The highest BCUT2D eigenvalue weighted by atomic mass is 16.5. The standard InChI is InChI=1S/C30H39N3O/c1-31-21-17-29(26-13-7-4-8-14-26)34-30-16-10-9-15-28(30)32(2)27-19-23-33(24-20-27)22-18-25-11-5-3-6-12-25/h3-16,27,29,31H,17-24H2,1-2H3. The lowest BCUT2D eigenvalue weighted by atomic mass is 10.0. The number of benzene rings is 3. The minimum Gasteiger partial charge on any atom is -0.484 e. The summed E-state index contributed by atoms with van der Waals surface area (Å²) >= 11 is 0. The molecule has 4 heteroatoms. The van der Waals surface area contributed by atoms with Crippen LogP contribution in [0.3, 0.4) is 0 Å². The number of rotatable bonds is 11. The summed E-state index contributed by atoms with van der Waals surface area (Å²) in [5, 5.41) is 3.27. The highest BCUT2D eigenvalue weighted by Crippen LogP contribution is 2.35. The Hall–Kier alpha value is -2.82. The number of para-hydroxylation sites is 2. The van der Waals surface area contributed by atoms with Gasteiger partial charge in [-0.3, -0.25) is 0 Å². The van der Waals surface area contributed by atoms with Crippen LogP contribution in [0, 0.1) is 0 Å². The molecular formula is C30H39N3O. The molecule has 34 heavy (non-hydrogen) atoms. The van der Waals surface area contributed by atoms with Crippen LogP contribution in [0.2, 0.25) is 0 Å². The van der Waals surface area contributed by atoms with Crippen molar-refractivity contribution in [1.82, 2.24) is 10.2 Å². The van der Waals surface area contributed by atoms with Gasteiger partial charge >= 0.3 is 0 Å². The van der Waals surface area contributed by atoms with Gasteiger partial charge in [-0.2, -0.15) is 0 Å².